The van der Waals surface area contributed by atoms with E-state index in [1.54, 1.807) is 57.4 Å². The highest BCUT2D eigenvalue weighted by molar-refractivity contribution is 7.92. The van der Waals surface area contributed by atoms with Crippen molar-refractivity contribution in [3.05, 3.63) is 59.1 Å². The zero-order valence-corrected chi connectivity index (χ0v) is 20.8. The summed E-state index contributed by atoms with van der Waals surface area (Å²) in [4.78, 5) is 27.7. The summed E-state index contributed by atoms with van der Waals surface area (Å²) in [6, 6.07) is 12.8. The van der Waals surface area contributed by atoms with Crippen LogP contribution in [0.4, 0.5) is 5.69 Å². The Morgan fingerprint density at radius 1 is 1.12 bits per heavy atom. The molecule has 0 saturated carbocycles. The average Bonchev–Trinajstić information content (AvgIpc) is 2.77. The number of amides is 2. The highest BCUT2D eigenvalue weighted by Crippen LogP contribution is 2.27. The molecule has 2 aromatic rings. The Morgan fingerprint density at radius 3 is 2.39 bits per heavy atom. The molecule has 8 nitrogen and oxygen atoms in total. The van der Waals surface area contributed by atoms with Gasteiger partial charge in [-0.15, -0.1) is 0 Å². The van der Waals surface area contributed by atoms with Crippen molar-refractivity contribution < 1.29 is 22.7 Å². The number of nitrogens with zero attached hydrogens (tertiary/aromatic N) is 2. The van der Waals surface area contributed by atoms with E-state index in [4.69, 9.17) is 16.3 Å². The predicted octanol–water partition coefficient (Wildman–Crippen LogP) is 3.06. The van der Waals surface area contributed by atoms with Gasteiger partial charge in [0.15, 0.2) is 0 Å². The fourth-order valence-electron chi connectivity index (χ4n) is 3.43. The molecule has 0 spiro atoms. The molecular weight excluding hydrogens is 466 g/mol. The van der Waals surface area contributed by atoms with Crippen LogP contribution < -0.4 is 14.4 Å². The maximum Gasteiger partial charge on any atom is 0.244 e. The highest BCUT2D eigenvalue weighted by atomic mass is 35.5. The van der Waals surface area contributed by atoms with Crippen LogP contribution in [0, 0.1) is 0 Å². The van der Waals surface area contributed by atoms with Crippen molar-refractivity contribution in [3.8, 4) is 5.75 Å². The highest BCUT2D eigenvalue weighted by Gasteiger charge is 2.32. The van der Waals surface area contributed by atoms with Crippen molar-refractivity contribution in [2.24, 2.45) is 0 Å². The SMILES string of the molecule is CCNC(=O)[C@@H](CC)N(Cc1cccc(OC)c1)C(=O)CN(c1ccccc1Cl)S(C)(=O)=O. The minimum absolute atomic E-state index is 0.103. The number of methoxy groups -OCH3 is 1. The first-order valence-electron chi connectivity index (χ1n) is 10.5. The van der Waals surface area contributed by atoms with E-state index in [1.807, 2.05) is 6.07 Å². The predicted molar refractivity (Wildman–Crippen MR) is 130 cm³/mol. The monoisotopic (exact) mass is 495 g/mol. The molecule has 0 radical (unpaired) electrons. The topological polar surface area (TPSA) is 96.0 Å². The molecule has 2 aromatic carbocycles. The van der Waals surface area contributed by atoms with Crippen LogP contribution in [0.3, 0.4) is 0 Å². The van der Waals surface area contributed by atoms with Crippen LogP contribution in [0.1, 0.15) is 25.8 Å². The number of hydrogen-bond acceptors (Lipinski definition) is 5. The van der Waals surface area contributed by atoms with E-state index in [1.165, 1.54) is 11.0 Å². The summed E-state index contributed by atoms with van der Waals surface area (Å²) in [5.74, 6) is -0.221. The summed E-state index contributed by atoms with van der Waals surface area (Å²) in [5, 5.41) is 2.95. The molecule has 33 heavy (non-hydrogen) atoms. The van der Waals surface area contributed by atoms with Crippen molar-refractivity contribution in [2.45, 2.75) is 32.9 Å². The fraction of sp³-hybridized carbons (Fsp3) is 0.391. The lowest BCUT2D eigenvalue weighted by Gasteiger charge is -2.33. The molecule has 0 saturated heterocycles. The van der Waals surface area contributed by atoms with Crippen LogP contribution in [0.5, 0.6) is 5.75 Å². The maximum absolute atomic E-state index is 13.5. The van der Waals surface area contributed by atoms with E-state index in [0.29, 0.717) is 18.7 Å². The molecule has 1 N–H and O–H groups in total. The molecule has 2 rings (SSSR count). The standard InChI is InChI=1S/C23H30ClN3O5S/c1-5-20(23(29)25-6-2)26(15-17-10-9-11-18(14-17)32-3)22(28)16-27(33(4,30)31)21-13-8-7-12-19(21)24/h7-14,20H,5-6,15-16H2,1-4H3,(H,25,29)/t20-/m1/s1. The van der Waals surface area contributed by atoms with Gasteiger partial charge in [0.05, 0.1) is 24.1 Å². The average molecular weight is 496 g/mol. The van der Waals surface area contributed by atoms with Gasteiger partial charge in [-0.05, 0) is 43.2 Å². The molecule has 0 aromatic heterocycles. The third-order valence-electron chi connectivity index (χ3n) is 5.02. The third-order valence-corrected chi connectivity index (χ3v) is 6.47. The molecule has 0 fully saturated rings. The first-order valence-corrected chi connectivity index (χ1v) is 12.8. The summed E-state index contributed by atoms with van der Waals surface area (Å²) in [6.45, 7) is 3.61. The van der Waals surface area contributed by atoms with E-state index in [2.05, 4.69) is 5.32 Å². The summed E-state index contributed by atoms with van der Waals surface area (Å²) in [5.41, 5.74) is 0.941. The van der Waals surface area contributed by atoms with E-state index in [0.717, 1.165) is 16.1 Å². The molecule has 10 heteroatoms. The number of likely N-dealkylation sites (N-methyl/N-ethyl adjacent to an activating group) is 1. The number of nitrogens with one attached hydrogen (secondary N) is 1. The minimum Gasteiger partial charge on any atom is -0.497 e. The second kappa shape index (κ2) is 11.9. The van der Waals surface area contributed by atoms with Gasteiger partial charge in [-0.3, -0.25) is 13.9 Å². The zero-order valence-electron chi connectivity index (χ0n) is 19.2. The molecule has 0 heterocycles. The van der Waals surface area contributed by atoms with Gasteiger partial charge in [0.2, 0.25) is 21.8 Å². The van der Waals surface area contributed by atoms with Crippen molar-refractivity contribution in [3.63, 3.8) is 0 Å². The number of carbonyl (C=O) groups is 2. The quantitative estimate of drug-likeness (QED) is 0.517. The molecule has 0 aliphatic heterocycles. The van der Waals surface area contributed by atoms with Crippen LogP contribution in [-0.4, -0.2) is 57.6 Å². The normalized spacial score (nSPS) is 12.0. The Hall–Kier alpha value is -2.78. The first kappa shape index (κ1) is 26.5. The van der Waals surface area contributed by atoms with Crippen molar-refractivity contribution >= 4 is 39.1 Å². The Balaban J connectivity index is 2.46. The van der Waals surface area contributed by atoms with Crippen LogP contribution in [0.2, 0.25) is 5.02 Å². The number of halogens is 1. The van der Waals surface area contributed by atoms with E-state index >= 15 is 0 Å². The van der Waals surface area contributed by atoms with Crippen molar-refractivity contribution in [1.29, 1.82) is 0 Å². The lowest BCUT2D eigenvalue weighted by atomic mass is 10.1. The molecule has 1 atom stereocenters. The Labute approximate surface area is 200 Å². The van der Waals surface area contributed by atoms with Crippen molar-refractivity contribution in [1.82, 2.24) is 10.2 Å². The van der Waals surface area contributed by atoms with Gasteiger partial charge in [-0.25, -0.2) is 8.42 Å². The third kappa shape index (κ3) is 7.10. The van der Waals surface area contributed by atoms with Gasteiger partial charge in [-0.1, -0.05) is 42.8 Å². The van der Waals surface area contributed by atoms with Crippen LogP contribution in [-0.2, 0) is 26.2 Å². The molecule has 2 amide bonds. The molecular formula is C23H30ClN3O5S. The molecule has 0 bridgehead atoms. The second-order valence-corrected chi connectivity index (χ2v) is 9.73. The molecule has 180 valence electrons. The van der Waals surface area contributed by atoms with E-state index in [9.17, 15) is 18.0 Å². The van der Waals surface area contributed by atoms with Crippen LogP contribution in [0.15, 0.2) is 48.5 Å². The zero-order chi connectivity index (χ0) is 24.6. The number of anilines is 1. The lowest BCUT2D eigenvalue weighted by molar-refractivity contribution is -0.140. The largest absolute Gasteiger partial charge is 0.497 e. The Morgan fingerprint density at radius 2 is 1.82 bits per heavy atom. The van der Waals surface area contributed by atoms with Gasteiger partial charge in [0.25, 0.3) is 0 Å². The number of para-hydroxylation sites is 1. The lowest BCUT2D eigenvalue weighted by Crippen LogP contribution is -2.52. The smallest absolute Gasteiger partial charge is 0.244 e. The number of hydrogen-bond donors (Lipinski definition) is 1. The molecule has 0 aliphatic rings. The number of ether oxygens (including phenoxy) is 1. The summed E-state index contributed by atoms with van der Waals surface area (Å²) in [6.07, 6.45) is 1.36. The minimum atomic E-state index is -3.83. The van der Waals surface area contributed by atoms with Gasteiger partial charge < -0.3 is 15.0 Å². The Bertz CT molecular complexity index is 1080. The first-order chi connectivity index (χ1) is 15.6. The number of carbonyl (C=O) groups excluding carboxylic acids is 2. The van der Waals surface area contributed by atoms with Crippen LogP contribution >= 0.6 is 11.6 Å². The molecule has 0 aliphatic carbocycles. The molecule has 0 unspecified atom stereocenters. The fourth-order valence-corrected chi connectivity index (χ4v) is 4.58. The second-order valence-electron chi connectivity index (χ2n) is 7.41. The number of benzene rings is 2. The van der Waals surface area contributed by atoms with Gasteiger partial charge in [0.1, 0.15) is 18.3 Å². The van der Waals surface area contributed by atoms with Crippen LogP contribution in [0.25, 0.3) is 0 Å². The van der Waals surface area contributed by atoms with E-state index in [-0.39, 0.29) is 23.2 Å². The summed E-state index contributed by atoms with van der Waals surface area (Å²) in [7, 11) is -2.29. The van der Waals surface area contributed by atoms with Gasteiger partial charge >= 0.3 is 0 Å². The maximum atomic E-state index is 13.5. The van der Waals surface area contributed by atoms with E-state index < -0.39 is 28.5 Å². The summed E-state index contributed by atoms with van der Waals surface area (Å²) < 4.78 is 31.3. The number of sulfonamides is 1. The Kier molecular flexibility index (Phi) is 9.55. The van der Waals surface area contributed by atoms with Crippen molar-refractivity contribution in [2.75, 3.05) is 30.8 Å². The summed E-state index contributed by atoms with van der Waals surface area (Å²) >= 11 is 6.22. The number of rotatable bonds is 11. The van der Waals surface area contributed by atoms with Gasteiger partial charge in [0, 0.05) is 13.1 Å². The van der Waals surface area contributed by atoms with Gasteiger partial charge in [-0.2, -0.15) is 0 Å².